The van der Waals surface area contributed by atoms with Crippen LogP contribution in [0.1, 0.15) is 49.9 Å². The largest absolute Gasteiger partial charge is 0.0843 e. The summed E-state index contributed by atoms with van der Waals surface area (Å²) < 4.78 is 0. The fraction of sp³-hybridized carbons (Fsp3) is 0.407. The second-order valence-corrected chi connectivity index (χ2v) is 17.4. The highest BCUT2D eigenvalue weighted by atomic mass is 28.3. The van der Waals surface area contributed by atoms with Crippen molar-refractivity contribution in [3.05, 3.63) is 80.6 Å². The molecule has 2 aromatic rings. The first-order valence-electron chi connectivity index (χ1n) is 10.9. The summed E-state index contributed by atoms with van der Waals surface area (Å²) in [5.74, 6) is 0. The Morgan fingerprint density at radius 2 is 1.41 bits per heavy atom. The quantitative estimate of drug-likeness (QED) is 0.572. The maximum absolute atomic E-state index is 2.55. The molecule has 0 amide bonds. The minimum absolute atomic E-state index is 0.0429. The van der Waals surface area contributed by atoms with Gasteiger partial charge in [0.25, 0.3) is 0 Å². The average Bonchev–Trinajstić information content (AvgIpc) is 2.76. The molecule has 1 unspecified atom stereocenters. The third-order valence-corrected chi connectivity index (χ3v) is 11.7. The van der Waals surface area contributed by atoms with Gasteiger partial charge >= 0.3 is 0 Å². The van der Waals surface area contributed by atoms with Gasteiger partial charge in [-0.05, 0) is 65.2 Å². The first kappa shape index (κ1) is 22.0. The lowest BCUT2D eigenvalue weighted by molar-refractivity contribution is 0.690. The normalized spacial score (nSPS) is 20.5. The number of allylic oxidation sites excluding steroid dienone is 4. The first-order valence-corrected chi connectivity index (χ1v) is 15.8. The van der Waals surface area contributed by atoms with Crippen LogP contribution in [0.25, 0.3) is 0 Å². The van der Waals surface area contributed by atoms with Gasteiger partial charge in [-0.1, -0.05) is 93.9 Å². The van der Waals surface area contributed by atoms with Gasteiger partial charge in [-0.15, -0.1) is 0 Å². The molecule has 3 rings (SSSR count). The van der Waals surface area contributed by atoms with E-state index < -0.39 is 17.6 Å². The molecule has 1 aliphatic rings. The first-order chi connectivity index (χ1) is 13.4. The van der Waals surface area contributed by atoms with Gasteiger partial charge in [-0.2, -0.15) is 0 Å². The van der Waals surface area contributed by atoms with E-state index in [1.54, 1.807) is 26.7 Å². The van der Waals surface area contributed by atoms with Gasteiger partial charge in [0.1, 0.15) is 0 Å². The Morgan fingerprint density at radius 3 is 2.00 bits per heavy atom. The van der Waals surface area contributed by atoms with Gasteiger partial charge in [0.05, 0.1) is 17.6 Å². The highest BCUT2D eigenvalue weighted by molar-refractivity contribution is 6.89. The summed E-state index contributed by atoms with van der Waals surface area (Å²) in [7, 11) is -1.88. The zero-order chi connectivity index (χ0) is 21.7. The van der Waals surface area contributed by atoms with E-state index in [9.17, 15) is 0 Å². The van der Waals surface area contributed by atoms with Crippen molar-refractivity contribution in [3.8, 4) is 0 Å². The molecule has 0 radical (unpaired) electrons. The maximum atomic E-state index is 2.55. The van der Waals surface area contributed by atoms with Crippen molar-refractivity contribution in [2.75, 3.05) is 0 Å². The van der Waals surface area contributed by atoms with Gasteiger partial charge in [-0.25, -0.2) is 0 Å². The predicted octanol–water partition coefficient (Wildman–Crippen LogP) is 5.53. The monoisotopic (exact) mass is 418 g/mol. The van der Waals surface area contributed by atoms with Crippen molar-refractivity contribution in [2.45, 2.75) is 73.5 Å². The van der Waals surface area contributed by atoms with E-state index in [0.29, 0.717) is 0 Å². The molecule has 154 valence electrons. The van der Waals surface area contributed by atoms with Crippen molar-refractivity contribution in [2.24, 2.45) is 0 Å². The second kappa shape index (κ2) is 7.55. The molecular formula is C27H38Si2. The molecule has 0 fully saturated rings. The molecule has 0 spiro atoms. The fourth-order valence-corrected chi connectivity index (χ4v) is 9.11. The van der Waals surface area contributed by atoms with Crippen molar-refractivity contribution in [3.63, 3.8) is 0 Å². The number of benzene rings is 2. The van der Waals surface area contributed by atoms with Crippen molar-refractivity contribution >= 4 is 28.0 Å². The fourth-order valence-electron chi connectivity index (χ4n) is 5.13. The lowest BCUT2D eigenvalue weighted by atomic mass is 9.75. The molecule has 1 aliphatic carbocycles. The van der Waals surface area contributed by atoms with E-state index in [0.717, 1.165) is 0 Å². The Labute approximate surface area is 182 Å². The van der Waals surface area contributed by atoms with Gasteiger partial charge in [-0.3, -0.25) is 0 Å². The molecule has 1 atom stereocenters. The zero-order valence-electron chi connectivity index (χ0n) is 20.2. The Bertz CT molecular complexity index is 1030. The van der Waals surface area contributed by atoms with Gasteiger partial charge < -0.3 is 0 Å². The predicted molar refractivity (Wildman–Crippen MR) is 137 cm³/mol. The summed E-state index contributed by atoms with van der Waals surface area (Å²) in [6.07, 6.45) is 0. The minimum atomic E-state index is -1.32. The Morgan fingerprint density at radius 1 is 0.759 bits per heavy atom. The van der Waals surface area contributed by atoms with Crippen LogP contribution >= 0.6 is 0 Å². The van der Waals surface area contributed by atoms with Gasteiger partial charge in [0.2, 0.25) is 0 Å². The van der Waals surface area contributed by atoms with Gasteiger partial charge in [0, 0.05) is 5.41 Å². The summed E-state index contributed by atoms with van der Waals surface area (Å²) in [5, 5.41) is 4.92. The SMILES string of the molecule is CC1=C(C)C(C)(c2ccc(C)cc2C)C([SiH2]c2cc(C)cc([Si](C)(C)C)c2)=C1C. The van der Waals surface area contributed by atoms with Crippen LogP contribution in [0.3, 0.4) is 0 Å². The molecule has 0 aliphatic heterocycles. The summed E-state index contributed by atoms with van der Waals surface area (Å²) in [5.41, 5.74) is 10.3. The average molecular weight is 419 g/mol. The van der Waals surface area contributed by atoms with E-state index in [-0.39, 0.29) is 5.41 Å². The van der Waals surface area contributed by atoms with Crippen LogP contribution in [-0.2, 0) is 5.41 Å². The number of hydrogen-bond donors (Lipinski definition) is 0. The van der Waals surface area contributed by atoms with Crippen LogP contribution in [0.15, 0.2) is 58.3 Å². The molecule has 0 aromatic heterocycles. The lowest BCUT2D eigenvalue weighted by Gasteiger charge is -2.34. The molecular weight excluding hydrogens is 380 g/mol. The van der Waals surface area contributed by atoms with E-state index in [2.05, 4.69) is 105 Å². The Hall–Kier alpha value is -1.65. The number of aryl methyl sites for hydroxylation is 3. The van der Waals surface area contributed by atoms with Crippen molar-refractivity contribution in [1.29, 1.82) is 0 Å². The molecule has 2 heteroatoms. The van der Waals surface area contributed by atoms with E-state index in [4.69, 9.17) is 0 Å². The molecule has 0 heterocycles. The highest BCUT2D eigenvalue weighted by Gasteiger charge is 2.40. The van der Waals surface area contributed by atoms with Crippen molar-refractivity contribution < 1.29 is 0 Å². The number of hydrogen-bond acceptors (Lipinski definition) is 0. The lowest BCUT2D eigenvalue weighted by Crippen LogP contribution is -2.41. The topological polar surface area (TPSA) is 0 Å². The molecule has 29 heavy (non-hydrogen) atoms. The maximum Gasteiger partial charge on any atom is 0.0843 e. The third-order valence-electron chi connectivity index (χ3n) is 7.24. The minimum Gasteiger partial charge on any atom is -0.0656 e. The van der Waals surface area contributed by atoms with E-state index in [1.165, 1.54) is 27.8 Å². The number of rotatable bonds is 4. The van der Waals surface area contributed by atoms with Crippen LogP contribution in [0.4, 0.5) is 0 Å². The molecule has 0 bridgehead atoms. The molecule has 0 saturated heterocycles. The molecule has 0 saturated carbocycles. The highest BCUT2D eigenvalue weighted by Crippen LogP contribution is 2.49. The molecule has 0 N–H and O–H groups in total. The second-order valence-electron chi connectivity index (χ2n) is 10.4. The van der Waals surface area contributed by atoms with Crippen LogP contribution in [0, 0.1) is 20.8 Å². The Kier molecular flexibility index (Phi) is 5.74. The third kappa shape index (κ3) is 3.89. The van der Waals surface area contributed by atoms with Crippen LogP contribution < -0.4 is 10.4 Å². The van der Waals surface area contributed by atoms with E-state index in [1.807, 2.05) is 0 Å². The zero-order valence-corrected chi connectivity index (χ0v) is 22.6. The summed E-state index contributed by atoms with van der Waals surface area (Å²) in [6, 6.07) is 14.5. The molecule has 2 aromatic carbocycles. The van der Waals surface area contributed by atoms with Crippen LogP contribution in [0.5, 0.6) is 0 Å². The van der Waals surface area contributed by atoms with E-state index >= 15 is 0 Å². The Balaban J connectivity index is 2.14. The summed E-state index contributed by atoms with van der Waals surface area (Å²) in [6.45, 7) is 23.7. The van der Waals surface area contributed by atoms with Crippen molar-refractivity contribution in [1.82, 2.24) is 0 Å². The standard InChI is InChI=1S/C27H38Si2/c1-17-11-12-25(19(3)13-17)27(7)22(6)20(4)21(5)26(27)28-23-14-18(2)15-24(16-23)29(8,9)10/h11-16H,28H2,1-10H3. The van der Waals surface area contributed by atoms with Crippen LogP contribution in [-0.4, -0.2) is 17.6 Å². The molecule has 0 nitrogen and oxygen atoms in total. The summed E-state index contributed by atoms with van der Waals surface area (Å²) in [4.78, 5) is 0. The van der Waals surface area contributed by atoms with Gasteiger partial charge in [0.15, 0.2) is 0 Å². The summed E-state index contributed by atoms with van der Waals surface area (Å²) >= 11 is 0. The van der Waals surface area contributed by atoms with Crippen LogP contribution in [0.2, 0.25) is 19.6 Å². The smallest absolute Gasteiger partial charge is 0.0656 e.